The number of hydrogen-bond donors (Lipinski definition) is 2. The summed E-state index contributed by atoms with van der Waals surface area (Å²) in [6, 6.07) is 13.9. The molecule has 0 aliphatic heterocycles. The lowest BCUT2D eigenvalue weighted by molar-refractivity contribution is 0.0686. The van der Waals surface area contributed by atoms with Crippen LogP contribution in [-0.4, -0.2) is 37.1 Å². The average molecular weight is 401 g/mol. The Morgan fingerprint density at radius 1 is 0.633 bits per heavy atom. The van der Waals surface area contributed by atoms with Crippen molar-refractivity contribution in [1.82, 2.24) is 15.0 Å². The molecule has 9 nitrogen and oxygen atoms in total. The van der Waals surface area contributed by atoms with Gasteiger partial charge in [-0.05, 0) is 48.5 Å². The van der Waals surface area contributed by atoms with Crippen molar-refractivity contribution in [3.63, 3.8) is 0 Å². The number of fused-ring (bicyclic) bond motifs is 2. The fourth-order valence-electron chi connectivity index (χ4n) is 2.97. The lowest BCUT2D eigenvalue weighted by atomic mass is 10.1. The van der Waals surface area contributed by atoms with E-state index in [1.165, 1.54) is 24.3 Å². The van der Waals surface area contributed by atoms with Crippen LogP contribution in [0.25, 0.3) is 45.4 Å². The number of carbonyl (C=O) groups is 2. The molecule has 0 saturated carbocycles. The summed E-state index contributed by atoms with van der Waals surface area (Å²) in [6.45, 7) is 0. The van der Waals surface area contributed by atoms with Gasteiger partial charge in [0.05, 0.1) is 11.1 Å². The second kappa shape index (κ2) is 6.52. The zero-order chi connectivity index (χ0) is 20.8. The minimum absolute atomic E-state index is 0.165. The summed E-state index contributed by atoms with van der Waals surface area (Å²) in [7, 11) is 0. The lowest BCUT2D eigenvalue weighted by Gasteiger charge is -1.96. The molecular weight excluding hydrogens is 390 g/mol. The molecule has 0 radical (unpaired) electrons. The number of rotatable bonds is 4. The fraction of sp³-hybridized carbons (Fsp3) is 0. The summed E-state index contributed by atoms with van der Waals surface area (Å²) in [5.41, 5.74) is 3.01. The van der Waals surface area contributed by atoms with Crippen molar-refractivity contribution in [3.05, 3.63) is 65.7 Å². The van der Waals surface area contributed by atoms with Crippen LogP contribution in [0.4, 0.5) is 0 Å². The van der Waals surface area contributed by atoms with E-state index in [0.29, 0.717) is 45.4 Å². The number of nitrogens with zero attached hydrogens (tertiary/aromatic N) is 3. The topological polar surface area (TPSA) is 140 Å². The number of aromatic carboxylic acids is 2. The molecule has 0 aliphatic carbocycles. The maximum Gasteiger partial charge on any atom is 0.335 e. The van der Waals surface area contributed by atoms with E-state index in [1.54, 1.807) is 30.3 Å². The predicted octanol–water partition coefficient (Wildman–Crippen LogP) is 4.09. The van der Waals surface area contributed by atoms with Crippen LogP contribution in [0.5, 0.6) is 0 Å². The molecule has 9 heteroatoms. The third kappa shape index (κ3) is 2.94. The molecule has 146 valence electrons. The molecular formula is C21H11N3O6. The Hall–Kier alpha value is -4.53. The SMILES string of the molecule is O=C(O)c1ccc(-c2nc3nc4nc(-c5ccc(C(=O)O)cc5)oc4cc3o2)cc1. The molecule has 0 fully saturated rings. The summed E-state index contributed by atoms with van der Waals surface area (Å²) >= 11 is 0. The van der Waals surface area contributed by atoms with E-state index in [2.05, 4.69) is 15.0 Å². The Balaban J connectivity index is 1.51. The lowest BCUT2D eigenvalue weighted by Crippen LogP contribution is -1.94. The first-order chi connectivity index (χ1) is 14.5. The van der Waals surface area contributed by atoms with Crippen molar-refractivity contribution in [1.29, 1.82) is 0 Å². The van der Waals surface area contributed by atoms with Gasteiger partial charge in [0, 0.05) is 17.2 Å². The summed E-state index contributed by atoms with van der Waals surface area (Å²) < 4.78 is 11.5. The van der Waals surface area contributed by atoms with Crippen LogP contribution < -0.4 is 0 Å². The van der Waals surface area contributed by atoms with Crippen LogP contribution in [-0.2, 0) is 0 Å². The molecule has 0 amide bonds. The van der Waals surface area contributed by atoms with E-state index < -0.39 is 11.9 Å². The number of pyridine rings is 1. The first-order valence-corrected chi connectivity index (χ1v) is 8.73. The molecule has 0 spiro atoms. The molecule has 0 saturated heterocycles. The number of oxazole rings is 2. The minimum Gasteiger partial charge on any atom is -0.478 e. The number of aromatic nitrogens is 3. The second-order valence-corrected chi connectivity index (χ2v) is 6.43. The largest absolute Gasteiger partial charge is 0.478 e. The number of carboxylic acid groups (broad SMARTS) is 2. The molecule has 0 atom stereocenters. The van der Waals surface area contributed by atoms with Crippen molar-refractivity contribution < 1.29 is 28.6 Å². The highest BCUT2D eigenvalue weighted by atomic mass is 16.4. The molecule has 2 aromatic carbocycles. The van der Waals surface area contributed by atoms with Gasteiger partial charge in [0.2, 0.25) is 23.1 Å². The monoisotopic (exact) mass is 401 g/mol. The molecule has 3 heterocycles. The number of benzene rings is 2. The van der Waals surface area contributed by atoms with Gasteiger partial charge < -0.3 is 19.0 Å². The third-order valence-electron chi connectivity index (χ3n) is 4.50. The van der Waals surface area contributed by atoms with E-state index in [0.717, 1.165) is 0 Å². The van der Waals surface area contributed by atoms with Crippen LogP contribution in [0.3, 0.4) is 0 Å². The maximum absolute atomic E-state index is 11.0. The van der Waals surface area contributed by atoms with E-state index in [4.69, 9.17) is 19.0 Å². The number of carboxylic acids is 2. The van der Waals surface area contributed by atoms with Crippen molar-refractivity contribution in [2.45, 2.75) is 0 Å². The van der Waals surface area contributed by atoms with E-state index in [1.807, 2.05) is 0 Å². The Bertz CT molecular complexity index is 1270. The van der Waals surface area contributed by atoms with Gasteiger partial charge in [-0.1, -0.05) is 0 Å². The summed E-state index contributed by atoms with van der Waals surface area (Å²) in [5, 5.41) is 18.0. The normalized spacial score (nSPS) is 11.2. The number of hydrogen-bond acceptors (Lipinski definition) is 7. The minimum atomic E-state index is -1.01. The third-order valence-corrected chi connectivity index (χ3v) is 4.50. The molecule has 3 aromatic heterocycles. The van der Waals surface area contributed by atoms with Crippen molar-refractivity contribution in [2.24, 2.45) is 0 Å². The van der Waals surface area contributed by atoms with Gasteiger partial charge in [-0.25, -0.2) is 14.6 Å². The second-order valence-electron chi connectivity index (χ2n) is 6.43. The Labute approximate surface area is 167 Å². The zero-order valence-corrected chi connectivity index (χ0v) is 15.1. The molecule has 2 N–H and O–H groups in total. The zero-order valence-electron chi connectivity index (χ0n) is 15.1. The summed E-state index contributed by atoms with van der Waals surface area (Å²) in [6.07, 6.45) is 0. The standard InChI is InChI=1S/C21H11N3O6/c25-20(26)12-5-1-10(2-6-12)18-23-16-14(29-18)9-15-17(22-16)24-19(30-15)11-3-7-13(8-4-11)21(27)28/h1-9H,(H,25,26)(H,27,28). The van der Waals surface area contributed by atoms with Crippen LogP contribution in [0.15, 0.2) is 63.4 Å². The van der Waals surface area contributed by atoms with Crippen molar-refractivity contribution >= 4 is 34.4 Å². The van der Waals surface area contributed by atoms with Gasteiger partial charge in [-0.2, -0.15) is 9.97 Å². The van der Waals surface area contributed by atoms with Crippen LogP contribution in [0.1, 0.15) is 20.7 Å². The highest BCUT2D eigenvalue weighted by Crippen LogP contribution is 2.29. The Kier molecular flexibility index (Phi) is 3.82. The summed E-state index contributed by atoms with van der Waals surface area (Å²) in [5.74, 6) is -1.43. The predicted molar refractivity (Wildman–Crippen MR) is 104 cm³/mol. The van der Waals surface area contributed by atoms with Gasteiger partial charge in [0.1, 0.15) is 0 Å². The van der Waals surface area contributed by atoms with Crippen LogP contribution in [0, 0.1) is 0 Å². The van der Waals surface area contributed by atoms with Gasteiger partial charge in [0.25, 0.3) is 0 Å². The smallest absolute Gasteiger partial charge is 0.335 e. The first-order valence-electron chi connectivity index (χ1n) is 8.73. The van der Waals surface area contributed by atoms with E-state index >= 15 is 0 Å². The van der Waals surface area contributed by atoms with E-state index in [9.17, 15) is 9.59 Å². The van der Waals surface area contributed by atoms with Gasteiger partial charge >= 0.3 is 11.9 Å². The van der Waals surface area contributed by atoms with Gasteiger partial charge in [-0.3, -0.25) is 0 Å². The molecule has 5 rings (SSSR count). The van der Waals surface area contributed by atoms with Gasteiger partial charge in [0.15, 0.2) is 11.2 Å². The molecule has 30 heavy (non-hydrogen) atoms. The average Bonchev–Trinajstić information content (AvgIpc) is 3.35. The van der Waals surface area contributed by atoms with E-state index in [-0.39, 0.29) is 11.1 Å². The Morgan fingerprint density at radius 2 is 1.03 bits per heavy atom. The van der Waals surface area contributed by atoms with Crippen molar-refractivity contribution in [2.75, 3.05) is 0 Å². The van der Waals surface area contributed by atoms with Gasteiger partial charge in [-0.15, -0.1) is 0 Å². The van der Waals surface area contributed by atoms with Crippen LogP contribution in [0.2, 0.25) is 0 Å². The molecule has 5 aromatic rings. The van der Waals surface area contributed by atoms with Crippen LogP contribution >= 0.6 is 0 Å². The highest BCUT2D eigenvalue weighted by molar-refractivity contribution is 5.89. The Morgan fingerprint density at radius 3 is 1.40 bits per heavy atom. The molecule has 0 aliphatic rings. The molecule has 0 bridgehead atoms. The highest BCUT2D eigenvalue weighted by Gasteiger charge is 2.16. The quantitative estimate of drug-likeness (QED) is 0.455. The maximum atomic E-state index is 11.0. The molecule has 0 unspecified atom stereocenters. The van der Waals surface area contributed by atoms with Crippen molar-refractivity contribution in [3.8, 4) is 22.9 Å². The first kappa shape index (κ1) is 17.6. The summed E-state index contributed by atoms with van der Waals surface area (Å²) in [4.78, 5) is 35.0. The fourth-order valence-corrected chi connectivity index (χ4v) is 2.97.